The summed E-state index contributed by atoms with van der Waals surface area (Å²) in [6, 6.07) is 13.3. The van der Waals surface area contributed by atoms with Crippen molar-refractivity contribution in [1.29, 1.82) is 0 Å². The number of rotatable bonds is 3. The molecule has 0 spiro atoms. The first-order valence-electron chi connectivity index (χ1n) is 7.76. The summed E-state index contributed by atoms with van der Waals surface area (Å²) in [7, 11) is 0. The lowest BCUT2D eigenvalue weighted by molar-refractivity contribution is 0.0710. The fourth-order valence-corrected chi connectivity index (χ4v) is 3.66. The number of carbonyl (C=O) groups excluding carboxylic acids is 1. The number of amides is 1. The normalized spacial score (nSPS) is 17.1. The van der Waals surface area contributed by atoms with Crippen molar-refractivity contribution in [3.63, 3.8) is 0 Å². The van der Waals surface area contributed by atoms with Crippen LogP contribution in [-0.4, -0.2) is 16.6 Å². The highest BCUT2D eigenvalue weighted by molar-refractivity contribution is 7.08. The van der Waals surface area contributed by atoms with E-state index in [2.05, 4.69) is 10.5 Å². The zero-order valence-electron chi connectivity index (χ0n) is 13.2. The molecule has 1 amide bonds. The van der Waals surface area contributed by atoms with E-state index in [0.717, 1.165) is 22.6 Å². The molecule has 0 saturated carbocycles. The second-order valence-corrected chi connectivity index (χ2v) is 6.55. The van der Waals surface area contributed by atoms with Gasteiger partial charge in [0.25, 0.3) is 5.91 Å². The number of hydrogen-bond donors (Lipinski definition) is 0. The van der Waals surface area contributed by atoms with Crippen LogP contribution in [0.15, 0.2) is 69.0 Å². The molecule has 4 rings (SSSR count). The van der Waals surface area contributed by atoms with Crippen LogP contribution in [0.2, 0.25) is 0 Å². The maximum atomic E-state index is 13.1. The first-order chi connectivity index (χ1) is 11.7. The summed E-state index contributed by atoms with van der Waals surface area (Å²) in [5.41, 5.74) is 3.54. The molecule has 0 radical (unpaired) electrons. The van der Waals surface area contributed by atoms with Crippen LogP contribution in [0.3, 0.4) is 0 Å². The van der Waals surface area contributed by atoms with Gasteiger partial charge in [0.1, 0.15) is 11.5 Å². The van der Waals surface area contributed by atoms with Crippen molar-refractivity contribution < 1.29 is 9.21 Å². The van der Waals surface area contributed by atoms with E-state index >= 15 is 0 Å². The fourth-order valence-electron chi connectivity index (χ4n) is 2.95. The lowest BCUT2D eigenvalue weighted by atomic mass is 10.0. The predicted octanol–water partition coefficient (Wildman–Crippen LogP) is 4.64. The first-order valence-corrected chi connectivity index (χ1v) is 8.71. The van der Waals surface area contributed by atoms with Gasteiger partial charge < -0.3 is 4.42 Å². The van der Waals surface area contributed by atoms with Crippen LogP contribution >= 0.6 is 11.3 Å². The molecule has 0 fully saturated rings. The van der Waals surface area contributed by atoms with Crippen LogP contribution in [0, 0.1) is 6.92 Å². The van der Waals surface area contributed by atoms with Crippen LogP contribution in [-0.2, 0) is 0 Å². The minimum Gasteiger partial charge on any atom is -0.463 e. The van der Waals surface area contributed by atoms with Gasteiger partial charge in [0.05, 0.1) is 12.3 Å². The SMILES string of the molecule is Cc1ccccc1C(=O)N1N=C(c2ccco2)C[C@@H]1c1ccsc1. The highest BCUT2D eigenvalue weighted by Gasteiger charge is 2.35. The Labute approximate surface area is 144 Å². The molecule has 1 aromatic carbocycles. The Kier molecular flexibility index (Phi) is 3.78. The minimum atomic E-state index is -0.0940. The molecule has 1 aliphatic heterocycles. The Morgan fingerprint density at radius 1 is 1.25 bits per heavy atom. The third-order valence-corrected chi connectivity index (χ3v) is 4.93. The van der Waals surface area contributed by atoms with E-state index in [1.165, 1.54) is 0 Å². The number of benzene rings is 1. The summed E-state index contributed by atoms with van der Waals surface area (Å²) in [4.78, 5) is 13.1. The second-order valence-electron chi connectivity index (χ2n) is 5.77. The average molecular weight is 336 g/mol. The fraction of sp³-hybridized carbons (Fsp3) is 0.158. The highest BCUT2D eigenvalue weighted by Crippen LogP contribution is 2.35. The molecule has 5 heteroatoms. The third kappa shape index (κ3) is 2.57. The summed E-state index contributed by atoms with van der Waals surface area (Å²) in [5.74, 6) is 0.640. The molecule has 0 N–H and O–H groups in total. The van der Waals surface area contributed by atoms with Crippen LogP contribution < -0.4 is 0 Å². The quantitative estimate of drug-likeness (QED) is 0.699. The zero-order valence-corrected chi connectivity index (χ0v) is 14.0. The molecule has 3 aromatic rings. The maximum absolute atomic E-state index is 13.1. The molecular formula is C19H16N2O2S. The monoisotopic (exact) mass is 336 g/mol. The molecule has 4 nitrogen and oxygen atoms in total. The number of aryl methyl sites for hydroxylation is 1. The molecule has 24 heavy (non-hydrogen) atoms. The van der Waals surface area contributed by atoms with E-state index in [0.29, 0.717) is 12.0 Å². The number of nitrogens with zero attached hydrogens (tertiary/aromatic N) is 2. The Balaban J connectivity index is 1.74. The topological polar surface area (TPSA) is 45.8 Å². The Hall–Kier alpha value is -2.66. The number of hydrogen-bond acceptors (Lipinski definition) is 4. The van der Waals surface area contributed by atoms with E-state index in [4.69, 9.17) is 4.42 Å². The maximum Gasteiger partial charge on any atom is 0.274 e. The molecule has 0 saturated heterocycles. The summed E-state index contributed by atoms with van der Waals surface area (Å²) in [6.07, 6.45) is 2.28. The molecular weight excluding hydrogens is 320 g/mol. The molecule has 120 valence electrons. The third-order valence-electron chi connectivity index (χ3n) is 4.23. The van der Waals surface area contributed by atoms with Gasteiger partial charge in [-0.1, -0.05) is 18.2 Å². The second kappa shape index (κ2) is 6.09. The van der Waals surface area contributed by atoms with E-state index in [1.807, 2.05) is 54.8 Å². The van der Waals surface area contributed by atoms with Crippen molar-refractivity contribution in [3.05, 3.63) is 81.9 Å². The van der Waals surface area contributed by atoms with Crippen LogP contribution in [0.5, 0.6) is 0 Å². The van der Waals surface area contributed by atoms with E-state index in [9.17, 15) is 4.79 Å². The van der Waals surface area contributed by atoms with Gasteiger partial charge >= 0.3 is 0 Å². The van der Waals surface area contributed by atoms with Crippen LogP contribution in [0.1, 0.15) is 39.7 Å². The van der Waals surface area contributed by atoms with Crippen molar-refractivity contribution in [2.24, 2.45) is 5.10 Å². The van der Waals surface area contributed by atoms with Gasteiger partial charge in [-0.15, -0.1) is 0 Å². The summed E-state index contributed by atoms with van der Waals surface area (Å²) < 4.78 is 5.47. The lowest BCUT2D eigenvalue weighted by Crippen LogP contribution is -2.27. The largest absolute Gasteiger partial charge is 0.463 e. The zero-order chi connectivity index (χ0) is 16.5. The highest BCUT2D eigenvalue weighted by atomic mass is 32.1. The van der Waals surface area contributed by atoms with Gasteiger partial charge in [-0.25, -0.2) is 5.01 Å². The number of thiophene rings is 1. The van der Waals surface area contributed by atoms with E-state index in [1.54, 1.807) is 22.6 Å². The van der Waals surface area contributed by atoms with Gasteiger partial charge in [-0.3, -0.25) is 4.79 Å². The Morgan fingerprint density at radius 3 is 2.83 bits per heavy atom. The van der Waals surface area contributed by atoms with Crippen LogP contribution in [0.25, 0.3) is 0 Å². The van der Waals surface area contributed by atoms with Gasteiger partial charge in [0, 0.05) is 12.0 Å². The van der Waals surface area contributed by atoms with E-state index < -0.39 is 0 Å². The van der Waals surface area contributed by atoms with Gasteiger partial charge in [0.15, 0.2) is 0 Å². The number of furan rings is 1. The summed E-state index contributed by atoms with van der Waals surface area (Å²) in [5, 5.41) is 10.3. The molecule has 0 aliphatic carbocycles. The van der Waals surface area contributed by atoms with Crippen molar-refractivity contribution in [2.75, 3.05) is 0 Å². The van der Waals surface area contributed by atoms with Gasteiger partial charge in [-0.2, -0.15) is 16.4 Å². The molecule has 1 aliphatic rings. The molecule has 0 bridgehead atoms. The lowest BCUT2D eigenvalue weighted by Gasteiger charge is -2.21. The van der Waals surface area contributed by atoms with E-state index in [-0.39, 0.29) is 11.9 Å². The standard InChI is InChI=1S/C19H16N2O2S/c1-13-5-2-3-6-15(13)19(22)21-17(14-8-10-24-12-14)11-16(20-21)18-7-4-9-23-18/h2-10,12,17H,11H2,1H3/t17-/m1/s1. The van der Waals surface area contributed by atoms with Gasteiger partial charge in [-0.05, 0) is 53.1 Å². The van der Waals surface area contributed by atoms with Gasteiger partial charge in [0.2, 0.25) is 0 Å². The minimum absolute atomic E-state index is 0.0779. The summed E-state index contributed by atoms with van der Waals surface area (Å²) >= 11 is 1.63. The summed E-state index contributed by atoms with van der Waals surface area (Å²) in [6.45, 7) is 1.94. The van der Waals surface area contributed by atoms with Crippen molar-refractivity contribution >= 4 is 23.0 Å². The van der Waals surface area contributed by atoms with Crippen molar-refractivity contribution in [1.82, 2.24) is 5.01 Å². The number of carbonyl (C=O) groups is 1. The molecule has 1 atom stereocenters. The molecule has 3 heterocycles. The Morgan fingerprint density at radius 2 is 2.12 bits per heavy atom. The number of hydrazone groups is 1. The van der Waals surface area contributed by atoms with Crippen LogP contribution in [0.4, 0.5) is 0 Å². The van der Waals surface area contributed by atoms with Crippen molar-refractivity contribution in [2.45, 2.75) is 19.4 Å². The average Bonchev–Trinajstić information content (AvgIpc) is 3.33. The predicted molar refractivity (Wildman–Crippen MR) is 94.3 cm³/mol. The first kappa shape index (κ1) is 14.9. The molecule has 2 aromatic heterocycles. The smallest absolute Gasteiger partial charge is 0.274 e. The van der Waals surface area contributed by atoms with Crippen molar-refractivity contribution in [3.8, 4) is 0 Å². The molecule has 0 unspecified atom stereocenters. The Bertz CT molecular complexity index is 882.